The molecule has 0 fully saturated rings. The number of carboxylic acid groups (broad SMARTS) is 1. The van der Waals surface area contributed by atoms with Crippen molar-refractivity contribution in [2.24, 2.45) is 5.41 Å². The Morgan fingerprint density at radius 3 is 2.25 bits per heavy atom. The third kappa shape index (κ3) is 4.21. The quantitative estimate of drug-likeness (QED) is 0.669. The highest BCUT2D eigenvalue weighted by Gasteiger charge is 2.27. The molecule has 0 radical (unpaired) electrons. The molecule has 0 amide bonds. The fourth-order valence-electron chi connectivity index (χ4n) is 1.05. The van der Waals surface area contributed by atoms with E-state index < -0.39 is 6.16 Å². The first-order valence-electron chi connectivity index (χ1n) is 4.27. The highest BCUT2D eigenvalue weighted by Crippen LogP contribution is 2.25. The van der Waals surface area contributed by atoms with E-state index in [0.29, 0.717) is 0 Å². The Morgan fingerprint density at radius 2 is 2.00 bits per heavy atom. The zero-order chi connectivity index (χ0) is 9.78. The zero-order valence-electron chi connectivity index (χ0n) is 8.26. The number of carbonyl (C=O) groups is 1. The number of hydrogen-bond donors (Lipinski definition) is 1. The standard InChI is InChI=1S/C9H18O3/c1-5-6-7(9(2,3)4)12-8(10)11/h7H,5-6H2,1-4H3,(H,10,11). The van der Waals surface area contributed by atoms with Gasteiger partial charge in [-0.3, -0.25) is 0 Å². The molecule has 72 valence electrons. The van der Waals surface area contributed by atoms with Gasteiger partial charge in [0.2, 0.25) is 0 Å². The fourth-order valence-corrected chi connectivity index (χ4v) is 1.05. The lowest BCUT2D eigenvalue weighted by Crippen LogP contribution is -2.31. The van der Waals surface area contributed by atoms with Crippen molar-refractivity contribution >= 4 is 6.16 Å². The van der Waals surface area contributed by atoms with Gasteiger partial charge < -0.3 is 9.84 Å². The van der Waals surface area contributed by atoms with Gasteiger partial charge in [-0.25, -0.2) is 4.79 Å². The molecule has 0 heterocycles. The van der Waals surface area contributed by atoms with E-state index in [4.69, 9.17) is 9.84 Å². The van der Waals surface area contributed by atoms with Crippen molar-refractivity contribution in [3.05, 3.63) is 0 Å². The van der Waals surface area contributed by atoms with E-state index in [9.17, 15) is 4.79 Å². The second-order valence-corrected chi connectivity index (χ2v) is 4.03. The Morgan fingerprint density at radius 1 is 1.50 bits per heavy atom. The Bertz CT molecular complexity index is 146. The Labute approximate surface area is 73.7 Å². The summed E-state index contributed by atoms with van der Waals surface area (Å²) in [5, 5.41) is 8.45. The third-order valence-electron chi connectivity index (χ3n) is 1.76. The highest BCUT2D eigenvalue weighted by atomic mass is 16.7. The molecule has 0 spiro atoms. The number of hydrogen-bond acceptors (Lipinski definition) is 2. The van der Waals surface area contributed by atoms with E-state index in [1.54, 1.807) is 0 Å². The molecule has 1 unspecified atom stereocenters. The number of ether oxygens (including phenoxy) is 1. The maximum absolute atomic E-state index is 10.3. The van der Waals surface area contributed by atoms with Crippen molar-refractivity contribution in [3.63, 3.8) is 0 Å². The molecule has 0 bridgehead atoms. The Kier molecular flexibility index (Phi) is 4.07. The lowest BCUT2D eigenvalue weighted by Gasteiger charge is -2.28. The second-order valence-electron chi connectivity index (χ2n) is 4.03. The van der Waals surface area contributed by atoms with Crippen LogP contribution in [-0.2, 0) is 4.74 Å². The Balaban J connectivity index is 4.13. The monoisotopic (exact) mass is 174 g/mol. The minimum Gasteiger partial charge on any atom is -0.450 e. The predicted molar refractivity (Wildman–Crippen MR) is 47.3 cm³/mol. The van der Waals surface area contributed by atoms with Gasteiger partial charge in [0.15, 0.2) is 0 Å². The molecular formula is C9H18O3. The van der Waals surface area contributed by atoms with Gasteiger partial charge in [-0.2, -0.15) is 0 Å². The average molecular weight is 174 g/mol. The molecule has 0 aromatic carbocycles. The van der Waals surface area contributed by atoms with Gasteiger partial charge in [0, 0.05) is 0 Å². The SMILES string of the molecule is CCCC(OC(=O)O)C(C)(C)C. The second kappa shape index (κ2) is 4.33. The topological polar surface area (TPSA) is 46.5 Å². The summed E-state index contributed by atoms with van der Waals surface area (Å²) >= 11 is 0. The maximum atomic E-state index is 10.3. The van der Waals surface area contributed by atoms with Crippen LogP contribution in [0.25, 0.3) is 0 Å². The summed E-state index contributed by atoms with van der Waals surface area (Å²) in [5.74, 6) is 0. The summed E-state index contributed by atoms with van der Waals surface area (Å²) in [7, 11) is 0. The molecule has 0 rings (SSSR count). The summed E-state index contributed by atoms with van der Waals surface area (Å²) in [4.78, 5) is 10.3. The highest BCUT2D eigenvalue weighted by molar-refractivity contribution is 5.57. The minimum atomic E-state index is -1.18. The van der Waals surface area contributed by atoms with Crippen LogP contribution in [0.5, 0.6) is 0 Å². The van der Waals surface area contributed by atoms with E-state index in [-0.39, 0.29) is 11.5 Å². The molecule has 0 saturated carbocycles. The number of rotatable bonds is 3. The smallest absolute Gasteiger partial charge is 0.450 e. The normalized spacial score (nSPS) is 14.0. The van der Waals surface area contributed by atoms with E-state index in [2.05, 4.69) is 0 Å². The van der Waals surface area contributed by atoms with Gasteiger partial charge in [-0.15, -0.1) is 0 Å². The van der Waals surface area contributed by atoms with Gasteiger partial charge in [0.05, 0.1) is 0 Å². The molecule has 0 aliphatic rings. The van der Waals surface area contributed by atoms with Gasteiger partial charge in [0.25, 0.3) is 0 Å². The van der Waals surface area contributed by atoms with Crippen LogP contribution in [0, 0.1) is 5.41 Å². The molecule has 1 N–H and O–H groups in total. The molecule has 3 nitrogen and oxygen atoms in total. The molecule has 0 aliphatic heterocycles. The van der Waals surface area contributed by atoms with Crippen LogP contribution >= 0.6 is 0 Å². The minimum absolute atomic E-state index is 0.103. The molecule has 0 aromatic rings. The molecule has 0 aliphatic carbocycles. The fraction of sp³-hybridized carbons (Fsp3) is 0.889. The first kappa shape index (κ1) is 11.3. The molecule has 12 heavy (non-hydrogen) atoms. The lowest BCUT2D eigenvalue weighted by atomic mass is 9.86. The van der Waals surface area contributed by atoms with Crippen molar-refractivity contribution in [3.8, 4) is 0 Å². The van der Waals surface area contributed by atoms with Crippen molar-refractivity contribution < 1.29 is 14.6 Å². The van der Waals surface area contributed by atoms with Crippen molar-refractivity contribution in [1.82, 2.24) is 0 Å². The average Bonchev–Trinajstić information content (AvgIpc) is 1.83. The summed E-state index contributed by atoms with van der Waals surface area (Å²) < 4.78 is 4.77. The summed E-state index contributed by atoms with van der Waals surface area (Å²) in [5.41, 5.74) is -0.103. The summed E-state index contributed by atoms with van der Waals surface area (Å²) in [6.45, 7) is 7.97. The first-order valence-corrected chi connectivity index (χ1v) is 4.27. The third-order valence-corrected chi connectivity index (χ3v) is 1.76. The van der Waals surface area contributed by atoms with Crippen LogP contribution < -0.4 is 0 Å². The van der Waals surface area contributed by atoms with Gasteiger partial charge >= 0.3 is 6.16 Å². The van der Waals surface area contributed by atoms with Crippen LogP contribution in [0.3, 0.4) is 0 Å². The van der Waals surface area contributed by atoms with Crippen molar-refractivity contribution in [2.45, 2.75) is 46.6 Å². The van der Waals surface area contributed by atoms with Crippen LogP contribution in [0.2, 0.25) is 0 Å². The molecule has 0 aromatic heterocycles. The van der Waals surface area contributed by atoms with Gasteiger partial charge in [0.1, 0.15) is 6.10 Å². The zero-order valence-corrected chi connectivity index (χ0v) is 8.26. The summed E-state index contributed by atoms with van der Waals surface area (Å²) in [6, 6.07) is 0. The van der Waals surface area contributed by atoms with E-state index in [1.807, 2.05) is 27.7 Å². The summed E-state index contributed by atoms with van der Waals surface area (Å²) in [6.07, 6.45) is 0.355. The first-order chi connectivity index (χ1) is 5.38. The Hall–Kier alpha value is -0.730. The van der Waals surface area contributed by atoms with Crippen LogP contribution in [0.1, 0.15) is 40.5 Å². The van der Waals surface area contributed by atoms with Crippen LogP contribution in [0.4, 0.5) is 4.79 Å². The van der Waals surface area contributed by atoms with Crippen molar-refractivity contribution in [1.29, 1.82) is 0 Å². The van der Waals surface area contributed by atoms with Gasteiger partial charge in [-0.05, 0) is 11.8 Å². The van der Waals surface area contributed by atoms with Crippen molar-refractivity contribution in [2.75, 3.05) is 0 Å². The molecule has 3 heteroatoms. The van der Waals surface area contributed by atoms with Crippen LogP contribution in [0.15, 0.2) is 0 Å². The van der Waals surface area contributed by atoms with Gasteiger partial charge in [-0.1, -0.05) is 34.1 Å². The maximum Gasteiger partial charge on any atom is 0.506 e. The molecule has 1 atom stereocenters. The lowest BCUT2D eigenvalue weighted by molar-refractivity contribution is -0.00345. The van der Waals surface area contributed by atoms with Crippen LogP contribution in [-0.4, -0.2) is 17.4 Å². The largest absolute Gasteiger partial charge is 0.506 e. The van der Waals surface area contributed by atoms with E-state index in [0.717, 1.165) is 12.8 Å². The van der Waals surface area contributed by atoms with E-state index in [1.165, 1.54) is 0 Å². The van der Waals surface area contributed by atoms with E-state index >= 15 is 0 Å². The molecule has 0 saturated heterocycles. The predicted octanol–water partition coefficient (Wildman–Crippen LogP) is 2.90. The molecular weight excluding hydrogens is 156 g/mol.